The van der Waals surface area contributed by atoms with Crippen molar-refractivity contribution in [1.82, 2.24) is 5.32 Å². The second kappa shape index (κ2) is 6.69. The molecule has 3 heteroatoms. The number of halogens is 1. The molecule has 0 fully saturated rings. The number of hydrogen-bond donors (Lipinski definition) is 1. The maximum Gasteiger partial charge on any atom is 0.0991 e. The van der Waals surface area contributed by atoms with Crippen LogP contribution in [-0.4, -0.2) is 0 Å². The van der Waals surface area contributed by atoms with Gasteiger partial charge in [-0.25, -0.2) is 0 Å². The van der Waals surface area contributed by atoms with E-state index >= 15 is 0 Å². The Bertz CT molecular complexity index is 644. The number of rotatable bonds is 4. The first kappa shape index (κ1) is 14.8. The van der Waals surface area contributed by atoms with Crippen LogP contribution in [0.4, 0.5) is 0 Å². The topological polar surface area (TPSA) is 35.8 Å². The van der Waals surface area contributed by atoms with E-state index in [9.17, 15) is 0 Å². The van der Waals surface area contributed by atoms with Crippen molar-refractivity contribution in [3.05, 3.63) is 69.2 Å². The molecule has 1 unspecified atom stereocenters. The molecular weight excluding hydrogens is 312 g/mol. The van der Waals surface area contributed by atoms with E-state index in [0.717, 1.165) is 16.6 Å². The van der Waals surface area contributed by atoms with Crippen molar-refractivity contribution in [3.63, 3.8) is 0 Å². The summed E-state index contributed by atoms with van der Waals surface area (Å²) in [5.74, 6) is 0. The summed E-state index contributed by atoms with van der Waals surface area (Å²) in [4.78, 5) is 0. The molecular formula is C17H17BrN2. The molecule has 0 saturated heterocycles. The van der Waals surface area contributed by atoms with Crippen molar-refractivity contribution in [3.8, 4) is 6.07 Å². The molecule has 0 heterocycles. The van der Waals surface area contributed by atoms with Crippen molar-refractivity contribution in [2.24, 2.45) is 0 Å². The standard InChI is InChI=1S/C17H17BrN2/c1-12-8-14(10-19)6-7-16(12)11-20-13(2)15-4-3-5-17(18)9-15/h3-9,13,20H,11H2,1-2H3. The van der Waals surface area contributed by atoms with Gasteiger partial charge in [0.15, 0.2) is 0 Å². The van der Waals surface area contributed by atoms with Gasteiger partial charge in [-0.3, -0.25) is 0 Å². The Kier molecular flexibility index (Phi) is 4.94. The van der Waals surface area contributed by atoms with Crippen molar-refractivity contribution < 1.29 is 0 Å². The number of nitriles is 1. The number of nitrogens with zero attached hydrogens (tertiary/aromatic N) is 1. The van der Waals surface area contributed by atoms with Crippen LogP contribution >= 0.6 is 15.9 Å². The van der Waals surface area contributed by atoms with E-state index in [2.05, 4.69) is 46.4 Å². The Morgan fingerprint density at radius 3 is 2.70 bits per heavy atom. The lowest BCUT2D eigenvalue weighted by atomic mass is 10.0. The molecule has 1 N–H and O–H groups in total. The summed E-state index contributed by atoms with van der Waals surface area (Å²) in [6.07, 6.45) is 0. The maximum absolute atomic E-state index is 8.88. The highest BCUT2D eigenvalue weighted by atomic mass is 79.9. The third-order valence-electron chi connectivity index (χ3n) is 3.42. The van der Waals surface area contributed by atoms with E-state index in [0.29, 0.717) is 5.56 Å². The monoisotopic (exact) mass is 328 g/mol. The fourth-order valence-corrected chi connectivity index (χ4v) is 2.54. The minimum Gasteiger partial charge on any atom is -0.306 e. The third-order valence-corrected chi connectivity index (χ3v) is 3.91. The molecule has 2 aromatic rings. The smallest absolute Gasteiger partial charge is 0.0991 e. The van der Waals surface area contributed by atoms with Gasteiger partial charge in [0, 0.05) is 17.1 Å². The lowest BCUT2D eigenvalue weighted by molar-refractivity contribution is 0.573. The summed E-state index contributed by atoms with van der Waals surface area (Å²) in [7, 11) is 0. The largest absolute Gasteiger partial charge is 0.306 e. The van der Waals surface area contributed by atoms with Crippen LogP contribution in [0, 0.1) is 18.3 Å². The van der Waals surface area contributed by atoms with Gasteiger partial charge in [-0.15, -0.1) is 0 Å². The van der Waals surface area contributed by atoms with E-state index in [1.165, 1.54) is 11.1 Å². The molecule has 20 heavy (non-hydrogen) atoms. The second-order valence-corrected chi connectivity index (χ2v) is 5.83. The first-order chi connectivity index (χ1) is 9.60. The number of benzene rings is 2. The quantitative estimate of drug-likeness (QED) is 0.898. The fraction of sp³-hybridized carbons (Fsp3) is 0.235. The first-order valence-corrected chi connectivity index (χ1v) is 7.38. The van der Waals surface area contributed by atoms with Crippen LogP contribution in [0.25, 0.3) is 0 Å². The molecule has 2 aromatic carbocycles. The molecule has 0 aliphatic rings. The zero-order chi connectivity index (χ0) is 14.5. The van der Waals surface area contributed by atoms with Crippen LogP contribution in [0.5, 0.6) is 0 Å². The zero-order valence-corrected chi connectivity index (χ0v) is 13.2. The normalized spacial score (nSPS) is 11.9. The lowest BCUT2D eigenvalue weighted by Crippen LogP contribution is -2.18. The molecule has 0 saturated carbocycles. The van der Waals surface area contributed by atoms with Crippen molar-refractivity contribution in [2.75, 3.05) is 0 Å². The second-order valence-electron chi connectivity index (χ2n) is 4.91. The Balaban J connectivity index is 2.04. The Morgan fingerprint density at radius 2 is 2.05 bits per heavy atom. The van der Waals surface area contributed by atoms with Gasteiger partial charge in [0.1, 0.15) is 0 Å². The van der Waals surface area contributed by atoms with Gasteiger partial charge in [0.2, 0.25) is 0 Å². The van der Waals surface area contributed by atoms with Gasteiger partial charge >= 0.3 is 0 Å². The van der Waals surface area contributed by atoms with Gasteiger partial charge in [-0.2, -0.15) is 5.26 Å². The maximum atomic E-state index is 8.88. The Labute approximate surface area is 128 Å². The molecule has 0 aromatic heterocycles. The van der Waals surface area contributed by atoms with Crippen molar-refractivity contribution in [2.45, 2.75) is 26.4 Å². The van der Waals surface area contributed by atoms with Crippen LogP contribution in [-0.2, 0) is 6.54 Å². The molecule has 0 bridgehead atoms. The molecule has 102 valence electrons. The highest BCUT2D eigenvalue weighted by molar-refractivity contribution is 9.10. The summed E-state index contributed by atoms with van der Waals surface area (Å²) in [6, 6.07) is 16.6. The van der Waals surface area contributed by atoms with Crippen LogP contribution in [0.3, 0.4) is 0 Å². The van der Waals surface area contributed by atoms with Gasteiger partial charge in [0.25, 0.3) is 0 Å². The average molecular weight is 329 g/mol. The molecule has 2 rings (SSSR count). The highest BCUT2D eigenvalue weighted by Gasteiger charge is 2.06. The summed E-state index contributed by atoms with van der Waals surface area (Å²) in [5.41, 5.74) is 4.35. The summed E-state index contributed by atoms with van der Waals surface area (Å²) >= 11 is 3.50. The fourth-order valence-electron chi connectivity index (χ4n) is 2.12. The van der Waals surface area contributed by atoms with E-state index in [-0.39, 0.29) is 6.04 Å². The van der Waals surface area contributed by atoms with Gasteiger partial charge < -0.3 is 5.32 Å². The van der Waals surface area contributed by atoms with Crippen LogP contribution in [0.2, 0.25) is 0 Å². The summed E-state index contributed by atoms with van der Waals surface area (Å²) in [5, 5.41) is 12.4. The van der Waals surface area contributed by atoms with Crippen LogP contribution in [0.15, 0.2) is 46.9 Å². The molecule has 1 atom stereocenters. The number of nitrogens with one attached hydrogen (secondary N) is 1. The number of hydrogen-bond acceptors (Lipinski definition) is 2. The molecule has 0 amide bonds. The van der Waals surface area contributed by atoms with E-state index in [1.54, 1.807) is 0 Å². The predicted molar refractivity (Wildman–Crippen MR) is 85.3 cm³/mol. The molecule has 0 radical (unpaired) electrons. The SMILES string of the molecule is Cc1cc(C#N)ccc1CNC(C)c1cccc(Br)c1. The first-order valence-electron chi connectivity index (χ1n) is 6.58. The average Bonchev–Trinajstić information content (AvgIpc) is 2.45. The van der Waals surface area contributed by atoms with E-state index < -0.39 is 0 Å². The van der Waals surface area contributed by atoms with Gasteiger partial charge in [-0.05, 0) is 54.8 Å². The minimum absolute atomic E-state index is 0.280. The lowest BCUT2D eigenvalue weighted by Gasteiger charge is -2.16. The molecule has 0 aliphatic heterocycles. The Hall–Kier alpha value is -1.63. The van der Waals surface area contributed by atoms with Crippen LogP contribution in [0.1, 0.15) is 35.2 Å². The summed E-state index contributed by atoms with van der Waals surface area (Å²) in [6.45, 7) is 4.99. The van der Waals surface area contributed by atoms with E-state index in [1.807, 2.05) is 37.3 Å². The van der Waals surface area contributed by atoms with Crippen LogP contribution < -0.4 is 5.32 Å². The highest BCUT2D eigenvalue weighted by Crippen LogP contribution is 2.19. The van der Waals surface area contributed by atoms with Crippen molar-refractivity contribution in [1.29, 1.82) is 5.26 Å². The summed E-state index contributed by atoms with van der Waals surface area (Å²) < 4.78 is 1.10. The van der Waals surface area contributed by atoms with Gasteiger partial charge in [-0.1, -0.05) is 34.1 Å². The predicted octanol–water partition coefficient (Wildman–Crippen LogP) is 4.48. The number of aryl methyl sites for hydroxylation is 1. The van der Waals surface area contributed by atoms with Gasteiger partial charge in [0.05, 0.1) is 11.6 Å². The Morgan fingerprint density at radius 1 is 1.25 bits per heavy atom. The molecule has 2 nitrogen and oxygen atoms in total. The zero-order valence-electron chi connectivity index (χ0n) is 11.7. The van der Waals surface area contributed by atoms with Crippen molar-refractivity contribution >= 4 is 15.9 Å². The minimum atomic E-state index is 0.280. The third kappa shape index (κ3) is 3.69. The molecule has 0 aliphatic carbocycles. The van der Waals surface area contributed by atoms with E-state index in [4.69, 9.17) is 5.26 Å². The molecule has 0 spiro atoms.